The normalized spacial score (nSPS) is 12.3. The number of amides is 1. The average molecular weight is 440 g/mol. The molecule has 1 amide bonds. The van der Waals surface area contributed by atoms with E-state index in [9.17, 15) is 9.59 Å². The van der Waals surface area contributed by atoms with Crippen LogP contribution in [0.1, 0.15) is 38.8 Å². The van der Waals surface area contributed by atoms with Gasteiger partial charge in [0.05, 0.1) is 19.8 Å². The Balaban J connectivity index is 2.39. The highest BCUT2D eigenvalue weighted by atomic mass is 16.6. The maximum absolute atomic E-state index is 13.2. The summed E-state index contributed by atoms with van der Waals surface area (Å²) in [4.78, 5) is 26.8. The zero-order valence-electron chi connectivity index (χ0n) is 19.5. The smallest absolute Gasteiger partial charge is 0.411 e. The lowest BCUT2D eigenvalue weighted by Gasteiger charge is -2.32. The molecule has 0 heterocycles. The standard InChI is InChI=1S/C26H33NO5/c1-6-31-24(28)17-14-22(18-20-10-8-7-9-11-20)27(25(29)32-26(2,3)4)19-21-12-15-23(30-5)16-13-21/h7-17,22H,6,18-19H2,1-5H3/b17-14+/t22-/m1/s1. The quantitative estimate of drug-likeness (QED) is 0.399. The van der Waals surface area contributed by atoms with Crippen LogP contribution in [0, 0.1) is 0 Å². The van der Waals surface area contributed by atoms with Gasteiger partial charge in [-0.15, -0.1) is 0 Å². The summed E-state index contributed by atoms with van der Waals surface area (Å²) in [6, 6.07) is 16.9. The number of hydrogen-bond acceptors (Lipinski definition) is 5. The molecule has 0 aromatic heterocycles. The molecule has 0 bridgehead atoms. The monoisotopic (exact) mass is 439 g/mol. The molecule has 2 rings (SSSR count). The Hall–Kier alpha value is -3.28. The summed E-state index contributed by atoms with van der Waals surface area (Å²) in [5, 5.41) is 0. The van der Waals surface area contributed by atoms with Gasteiger partial charge in [0.25, 0.3) is 0 Å². The van der Waals surface area contributed by atoms with Crippen molar-refractivity contribution in [3.63, 3.8) is 0 Å². The van der Waals surface area contributed by atoms with Crippen LogP contribution in [0.15, 0.2) is 66.7 Å². The molecule has 0 fully saturated rings. The molecule has 0 unspecified atom stereocenters. The van der Waals surface area contributed by atoms with Gasteiger partial charge in [-0.05, 0) is 57.4 Å². The fraction of sp³-hybridized carbons (Fsp3) is 0.385. The van der Waals surface area contributed by atoms with E-state index in [2.05, 4.69) is 0 Å². The molecule has 172 valence electrons. The van der Waals surface area contributed by atoms with Crippen LogP contribution in [0.5, 0.6) is 5.75 Å². The van der Waals surface area contributed by atoms with Crippen molar-refractivity contribution in [3.05, 3.63) is 77.9 Å². The number of ether oxygens (including phenoxy) is 3. The van der Waals surface area contributed by atoms with Crippen molar-refractivity contribution in [1.29, 1.82) is 0 Å². The Morgan fingerprint density at radius 3 is 2.22 bits per heavy atom. The second kappa shape index (κ2) is 11.9. The van der Waals surface area contributed by atoms with E-state index in [0.29, 0.717) is 13.0 Å². The predicted octanol–water partition coefficient (Wildman–Crippen LogP) is 5.16. The summed E-state index contributed by atoms with van der Waals surface area (Å²) in [5.41, 5.74) is 1.30. The summed E-state index contributed by atoms with van der Waals surface area (Å²) in [6.07, 6.45) is 3.15. The first-order valence-corrected chi connectivity index (χ1v) is 10.7. The van der Waals surface area contributed by atoms with Crippen molar-refractivity contribution < 1.29 is 23.8 Å². The maximum Gasteiger partial charge on any atom is 0.411 e. The minimum absolute atomic E-state index is 0.286. The molecule has 0 saturated heterocycles. The molecule has 6 nitrogen and oxygen atoms in total. The molecular formula is C26H33NO5. The van der Waals surface area contributed by atoms with Crippen LogP contribution in [0.4, 0.5) is 4.79 Å². The van der Waals surface area contributed by atoms with Gasteiger partial charge in [0.15, 0.2) is 0 Å². The van der Waals surface area contributed by atoms with Crippen LogP contribution in [-0.2, 0) is 27.2 Å². The van der Waals surface area contributed by atoms with Crippen molar-refractivity contribution in [2.45, 2.75) is 52.3 Å². The summed E-state index contributed by atoms with van der Waals surface area (Å²) >= 11 is 0. The zero-order valence-corrected chi connectivity index (χ0v) is 19.5. The fourth-order valence-electron chi connectivity index (χ4n) is 3.08. The second-order valence-corrected chi connectivity index (χ2v) is 8.32. The average Bonchev–Trinajstić information content (AvgIpc) is 2.75. The van der Waals surface area contributed by atoms with Crippen molar-refractivity contribution in [3.8, 4) is 5.75 Å². The van der Waals surface area contributed by atoms with Crippen LogP contribution in [-0.4, -0.2) is 42.3 Å². The first-order chi connectivity index (χ1) is 15.2. The largest absolute Gasteiger partial charge is 0.497 e. The van der Waals surface area contributed by atoms with Crippen molar-refractivity contribution >= 4 is 12.1 Å². The molecule has 0 radical (unpaired) electrons. The molecule has 0 spiro atoms. The van der Waals surface area contributed by atoms with Crippen LogP contribution in [0.2, 0.25) is 0 Å². The van der Waals surface area contributed by atoms with Gasteiger partial charge in [-0.1, -0.05) is 48.5 Å². The molecular weight excluding hydrogens is 406 g/mol. The van der Waals surface area contributed by atoms with Crippen LogP contribution in [0.3, 0.4) is 0 Å². The highest BCUT2D eigenvalue weighted by molar-refractivity contribution is 5.82. The third-order valence-corrected chi connectivity index (χ3v) is 4.57. The van der Waals surface area contributed by atoms with E-state index in [0.717, 1.165) is 16.9 Å². The van der Waals surface area contributed by atoms with Gasteiger partial charge in [-0.2, -0.15) is 0 Å². The van der Waals surface area contributed by atoms with E-state index < -0.39 is 23.7 Å². The molecule has 0 aliphatic heterocycles. The third kappa shape index (κ3) is 8.46. The van der Waals surface area contributed by atoms with Gasteiger partial charge in [0, 0.05) is 12.6 Å². The van der Waals surface area contributed by atoms with Gasteiger partial charge in [0.1, 0.15) is 11.4 Å². The lowest BCUT2D eigenvalue weighted by molar-refractivity contribution is -0.137. The number of rotatable bonds is 9. The number of carbonyl (C=O) groups excluding carboxylic acids is 2. The second-order valence-electron chi connectivity index (χ2n) is 8.32. The minimum atomic E-state index is -0.655. The minimum Gasteiger partial charge on any atom is -0.497 e. The molecule has 1 atom stereocenters. The number of methoxy groups -OCH3 is 1. The van der Waals surface area contributed by atoms with Gasteiger partial charge in [0.2, 0.25) is 0 Å². The summed E-state index contributed by atoms with van der Waals surface area (Å²) in [6.45, 7) is 7.84. The van der Waals surface area contributed by atoms with Gasteiger partial charge in [-0.25, -0.2) is 9.59 Å². The zero-order chi connectivity index (χ0) is 23.6. The Morgan fingerprint density at radius 1 is 1.00 bits per heavy atom. The molecule has 0 N–H and O–H groups in total. The number of benzene rings is 2. The van der Waals surface area contributed by atoms with E-state index >= 15 is 0 Å². The first-order valence-electron chi connectivity index (χ1n) is 10.7. The van der Waals surface area contributed by atoms with E-state index in [1.165, 1.54) is 6.08 Å². The fourth-order valence-corrected chi connectivity index (χ4v) is 3.08. The Morgan fingerprint density at radius 2 is 1.66 bits per heavy atom. The highest BCUT2D eigenvalue weighted by Crippen LogP contribution is 2.20. The first kappa shape index (κ1) is 25.0. The molecule has 0 aliphatic carbocycles. The summed E-state index contributed by atoms with van der Waals surface area (Å²) in [7, 11) is 1.61. The van der Waals surface area contributed by atoms with E-state index in [4.69, 9.17) is 14.2 Å². The summed E-state index contributed by atoms with van der Waals surface area (Å²) < 4.78 is 16.0. The lowest BCUT2D eigenvalue weighted by atomic mass is 10.0. The molecule has 0 saturated carbocycles. The van der Waals surface area contributed by atoms with E-state index in [1.807, 2.05) is 75.4 Å². The Bertz CT molecular complexity index is 885. The van der Waals surface area contributed by atoms with Gasteiger partial charge < -0.3 is 14.2 Å². The number of esters is 1. The van der Waals surface area contributed by atoms with Crippen LogP contribution < -0.4 is 4.74 Å². The number of carbonyl (C=O) groups is 2. The Kier molecular flexibility index (Phi) is 9.32. The molecule has 0 aliphatic rings. The maximum atomic E-state index is 13.2. The Labute approximate surface area is 190 Å². The molecule has 6 heteroatoms. The number of nitrogens with zero attached hydrogens (tertiary/aromatic N) is 1. The molecule has 32 heavy (non-hydrogen) atoms. The van der Waals surface area contributed by atoms with Gasteiger partial charge in [-0.3, -0.25) is 4.90 Å². The number of hydrogen-bond donors (Lipinski definition) is 0. The van der Waals surface area contributed by atoms with Crippen LogP contribution in [0.25, 0.3) is 0 Å². The van der Waals surface area contributed by atoms with E-state index in [-0.39, 0.29) is 6.61 Å². The van der Waals surface area contributed by atoms with Crippen molar-refractivity contribution in [2.24, 2.45) is 0 Å². The molecule has 2 aromatic carbocycles. The lowest BCUT2D eigenvalue weighted by Crippen LogP contribution is -2.43. The highest BCUT2D eigenvalue weighted by Gasteiger charge is 2.28. The topological polar surface area (TPSA) is 65.1 Å². The van der Waals surface area contributed by atoms with Gasteiger partial charge >= 0.3 is 12.1 Å². The molecule has 2 aromatic rings. The SMILES string of the molecule is CCOC(=O)/C=C/[C@H](Cc1ccccc1)N(Cc1ccc(OC)cc1)C(=O)OC(C)(C)C. The summed E-state index contributed by atoms with van der Waals surface area (Å²) in [5.74, 6) is 0.291. The third-order valence-electron chi connectivity index (χ3n) is 4.57. The van der Waals surface area contributed by atoms with E-state index in [1.54, 1.807) is 25.0 Å². The van der Waals surface area contributed by atoms with Crippen molar-refractivity contribution in [1.82, 2.24) is 4.90 Å². The van der Waals surface area contributed by atoms with Crippen LogP contribution >= 0.6 is 0 Å². The van der Waals surface area contributed by atoms with Crippen molar-refractivity contribution in [2.75, 3.05) is 13.7 Å². The predicted molar refractivity (Wildman–Crippen MR) is 124 cm³/mol.